The summed E-state index contributed by atoms with van der Waals surface area (Å²) in [5.74, 6) is 1.86. The minimum absolute atomic E-state index is 0.180. The molecule has 5 nitrogen and oxygen atoms in total. The molecule has 0 saturated carbocycles. The Morgan fingerprint density at radius 2 is 1.76 bits per heavy atom. The van der Waals surface area contributed by atoms with E-state index in [1.807, 2.05) is 24.3 Å². The molecule has 1 unspecified atom stereocenters. The van der Waals surface area contributed by atoms with Crippen LogP contribution in [0.3, 0.4) is 0 Å². The number of halogens is 3. The highest BCUT2D eigenvalue weighted by Gasteiger charge is 2.28. The fourth-order valence-electron chi connectivity index (χ4n) is 2.71. The Bertz CT molecular complexity index is 793. The van der Waals surface area contributed by atoms with Crippen LogP contribution in [0.1, 0.15) is 24.0 Å². The average molecular weight is 409 g/mol. The first-order valence-electron chi connectivity index (χ1n) is 9.18. The van der Waals surface area contributed by atoms with Crippen molar-refractivity contribution in [1.82, 2.24) is 10.6 Å². The predicted molar refractivity (Wildman–Crippen MR) is 108 cm³/mol. The van der Waals surface area contributed by atoms with Crippen molar-refractivity contribution in [2.75, 3.05) is 27.3 Å². The van der Waals surface area contributed by atoms with E-state index in [2.05, 4.69) is 22.5 Å². The van der Waals surface area contributed by atoms with Gasteiger partial charge in [0.15, 0.2) is 12.6 Å². The number of alkyl halides is 3. The summed E-state index contributed by atoms with van der Waals surface area (Å²) in [4.78, 5) is 4.20. The van der Waals surface area contributed by atoms with Crippen molar-refractivity contribution >= 4 is 5.96 Å². The zero-order chi connectivity index (χ0) is 21.3. The van der Waals surface area contributed by atoms with Crippen LogP contribution in [0, 0.1) is 0 Å². The summed E-state index contributed by atoms with van der Waals surface area (Å²) in [6.45, 7) is 1.93. The number of para-hydroxylation sites is 1. The molecule has 0 fully saturated rings. The summed E-state index contributed by atoms with van der Waals surface area (Å²) in [6.07, 6.45) is -4.35. The van der Waals surface area contributed by atoms with Gasteiger partial charge in [-0.05, 0) is 29.3 Å². The third kappa shape index (κ3) is 7.56. The number of nitrogens with one attached hydrogen (secondary N) is 2. The lowest BCUT2D eigenvalue weighted by Crippen LogP contribution is -2.38. The minimum Gasteiger partial charge on any atom is -0.496 e. The van der Waals surface area contributed by atoms with E-state index < -0.39 is 12.8 Å². The molecular formula is C21H26F3N3O2. The van der Waals surface area contributed by atoms with E-state index >= 15 is 0 Å². The van der Waals surface area contributed by atoms with Gasteiger partial charge in [0.25, 0.3) is 0 Å². The van der Waals surface area contributed by atoms with E-state index in [4.69, 9.17) is 9.47 Å². The number of ether oxygens (including phenoxy) is 2. The van der Waals surface area contributed by atoms with E-state index in [-0.39, 0.29) is 11.7 Å². The molecule has 0 bridgehead atoms. The summed E-state index contributed by atoms with van der Waals surface area (Å²) in [7, 11) is 3.33. The van der Waals surface area contributed by atoms with Crippen LogP contribution >= 0.6 is 0 Å². The summed E-state index contributed by atoms with van der Waals surface area (Å²) in [5, 5.41) is 6.45. The van der Waals surface area contributed by atoms with Gasteiger partial charge in [-0.15, -0.1) is 0 Å². The molecule has 2 N–H and O–H groups in total. The number of methoxy groups -OCH3 is 1. The van der Waals surface area contributed by atoms with Crippen molar-refractivity contribution in [3.05, 3.63) is 59.7 Å². The minimum atomic E-state index is -4.35. The number of hydrogen-bond acceptors (Lipinski definition) is 3. The molecule has 2 aromatic carbocycles. The zero-order valence-corrected chi connectivity index (χ0v) is 16.7. The highest BCUT2D eigenvalue weighted by molar-refractivity contribution is 5.79. The second kappa shape index (κ2) is 10.6. The zero-order valence-electron chi connectivity index (χ0n) is 16.7. The number of aliphatic imine (C=N–C) groups is 1. The van der Waals surface area contributed by atoms with Crippen LogP contribution in [0.15, 0.2) is 53.5 Å². The van der Waals surface area contributed by atoms with Gasteiger partial charge in [0.1, 0.15) is 11.5 Å². The highest BCUT2D eigenvalue weighted by Crippen LogP contribution is 2.25. The first-order valence-corrected chi connectivity index (χ1v) is 9.18. The maximum absolute atomic E-state index is 12.2. The van der Waals surface area contributed by atoms with Crippen LogP contribution < -0.4 is 20.1 Å². The molecule has 0 aliphatic rings. The Morgan fingerprint density at radius 1 is 1.07 bits per heavy atom. The summed E-state index contributed by atoms with van der Waals surface area (Å²) >= 11 is 0. The molecule has 0 spiro atoms. The molecule has 0 aliphatic heterocycles. The molecule has 2 rings (SSSR count). The Morgan fingerprint density at radius 3 is 2.38 bits per heavy atom. The molecule has 0 aromatic heterocycles. The lowest BCUT2D eigenvalue weighted by atomic mass is 10.0. The quantitative estimate of drug-likeness (QED) is 0.509. The van der Waals surface area contributed by atoms with E-state index in [0.29, 0.717) is 19.0 Å². The standard InChI is InChI=1S/C21H26F3N3O2/c1-15(18-6-4-5-7-19(18)28-3)12-26-20(25-2)27-13-16-8-10-17(11-9-16)29-14-21(22,23)24/h4-11,15H,12-14H2,1-3H3,(H2,25,26,27). The number of guanidine groups is 1. The molecule has 0 saturated heterocycles. The number of nitrogens with zero attached hydrogens (tertiary/aromatic N) is 1. The van der Waals surface area contributed by atoms with Gasteiger partial charge in [-0.3, -0.25) is 4.99 Å². The van der Waals surface area contributed by atoms with Crippen molar-refractivity contribution in [1.29, 1.82) is 0 Å². The van der Waals surface area contributed by atoms with Crippen LogP contribution in [-0.4, -0.2) is 39.4 Å². The van der Waals surface area contributed by atoms with Crippen LogP contribution in [-0.2, 0) is 6.54 Å². The average Bonchev–Trinajstić information content (AvgIpc) is 2.72. The van der Waals surface area contributed by atoms with Gasteiger partial charge in [0.2, 0.25) is 0 Å². The smallest absolute Gasteiger partial charge is 0.422 e. The Hall–Kier alpha value is -2.90. The van der Waals surface area contributed by atoms with Gasteiger partial charge in [-0.1, -0.05) is 37.3 Å². The van der Waals surface area contributed by atoms with Crippen molar-refractivity contribution in [2.24, 2.45) is 4.99 Å². The normalized spacial score (nSPS) is 13.0. The molecule has 0 heterocycles. The molecule has 0 amide bonds. The number of rotatable bonds is 8. The first-order chi connectivity index (χ1) is 13.8. The predicted octanol–water partition coefficient (Wildman–Crippen LogP) is 4.11. The van der Waals surface area contributed by atoms with E-state index in [1.54, 1.807) is 26.3 Å². The number of hydrogen-bond donors (Lipinski definition) is 2. The lowest BCUT2D eigenvalue weighted by Gasteiger charge is -2.18. The van der Waals surface area contributed by atoms with Crippen LogP contribution in [0.2, 0.25) is 0 Å². The van der Waals surface area contributed by atoms with E-state index in [1.165, 1.54) is 12.1 Å². The summed E-state index contributed by atoms with van der Waals surface area (Å²) in [6, 6.07) is 14.3. The second-order valence-electron chi connectivity index (χ2n) is 6.50. The topological polar surface area (TPSA) is 54.9 Å². The molecular weight excluding hydrogens is 383 g/mol. The van der Waals surface area contributed by atoms with E-state index in [0.717, 1.165) is 16.9 Å². The maximum atomic E-state index is 12.2. The van der Waals surface area contributed by atoms with E-state index in [9.17, 15) is 13.2 Å². The molecule has 29 heavy (non-hydrogen) atoms. The van der Waals surface area contributed by atoms with Crippen molar-refractivity contribution in [2.45, 2.75) is 25.6 Å². The molecule has 2 aromatic rings. The van der Waals surface area contributed by atoms with Crippen LogP contribution in [0.5, 0.6) is 11.5 Å². The Balaban J connectivity index is 1.83. The van der Waals surface area contributed by atoms with Crippen LogP contribution in [0.25, 0.3) is 0 Å². The highest BCUT2D eigenvalue weighted by atomic mass is 19.4. The van der Waals surface area contributed by atoms with Gasteiger partial charge in [0.05, 0.1) is 7.11 Å². The first kappa shape index (κ1) is 22.4. The SMILES string of the molecule is CN=C(NCc1ccc(OCC(F)(F)F)cc1)NCC(C)c1ccccc1OC. The summed E-state index contributed by atoms with van der Waals surface area (Å²) in [5.41, 5.74) is 2.00. The van der Waals surface area contributed by atoms with Gasteiger partial charge < -0.3 is 20.1 Å². The fourth-order valence-corrected chi connectivity index (χ4v) is 2.71. The molecule has 0 radical (unpaired) electrons. The lowest BCUT2D eigenvalue weighted by molar-refractivity contribution is -0.153. The Kier molecular flexibility index (Phi) is 8.18. The third-order valence-corrected chi connectivity index (χ3v) is 4.25. The van der Waals surface area contributed by atoms with Gasteiger partial charge >= 0.3 is 6.18 Å². The maximum Gasteiger partial charge on any atom is 0.422 e. The van der Waals surface area contributed by atoms with Crippen molar-refractivity contribution in [3.63, 3.8) is 0 Å². The monoisotopic (exact) mass is 409 g/mol. The van der Waals surface area contributed by atoms with Crippen LogP contribution in [0.4, 0.5) is 13.2 Å². The molecule has 0 aliphatic carbocycles. The van der Waals surface area contributed by atoms with Crippen molar-refractivity contribution in [3.8, 4) is 11.5 Å². The molecule has 158 valence electrons. The van der Waals surface area contributed by atoms with Gasteiger partial charge in [-0.25, -0.2) is 0 Å². The van der Waals surface area contributed by atoms with Crippen molar-refractivity contribution < 1.29 is 22.6 Å². The molecule has 1 atom stereocenters. The second-order valence-corrected chi connectivity index (χ2v) is 6.50. The summed E-state index contributed by atoms with van der Waals surface area (Å²) < 4.78 is 46.7. The third-order valence-electron chi connectivity index (χ3n) is 4.25. The fraction of sp³-hybridized carbons (Fsp3) is 0.381. The largest absolute Gasteiger partial charge is 0.496 e. The van der Waals surface area contributed by atoms with Gasteiger partial charge in [-0.2, -0.15) is 13.2 Å². The van der Waals surface area contributed by atoms with Gasteiger partial charge in [0, 0.05) is 26.1 Å². The Labute approximate surface area is 168 Å². The number of benzene rings is 2. The molecule has 8 heteroatoms.